The van der Waals surface area contributed by atoms with Gasteiger partial charge < -0.3 is 0 Å². The van der Waals surface area contributed by atoms with E-state index in [4.69, 9.17) is 59.8 Å². The van der Waals surface area contributed by atoms with Crippen LogP contribution in [0.3, 0.4) is 0 Å². The Balaban J connectivity index is 1.21. The minimum atomic E-state index is 0.595. The Bertz CT molecular complexity index is 3780. The number of hydrogen-bond acceptors (Lipinski definition) is 12. The van der Waals surface area contributed by atoms with Crippen LogP contribution in [0.1, 0.15) is 153 Å². The summed E-state index contributed by atoms with van der Waals surface area (Å²) in [5, 5.41) is 5.40. The van der Waals surface area contributed by atoms with E-state index in [-0.39, 0.29) is 0 Å². The summed E-state index contributed by atoms with van der Waals surface area (Å²) in [6.07, 6.45) is 18.2. The van der Waals surface area contributed by atoms with Crippen molar-refractivity contribution in [3.8, 4) is 0 Å². The molecule has 9 heterocycles. The lowest BCUT2D eigenvalue weighted by Gasteiger charge is -2.16. The minimum Gasteiger partial charge on any atom is -0.250 e. The first-order valence-corrected chi connectivity index (χ1v) is 29.2. The molecular weight excluding hydrogens is 961 g/mol. The van der Waals surface area contributed by atoms with Crippen LogP contribution in [0.25, 0.3) is 132 Å². The molecule has 9 aromatic heterocycles. The zero-order chi connectivity index (χ0) is 53.0. The van der Waals surface area contributed by atoms with Crippen LogP contribution in [0, 0.1) is 0 Å². The van der Waals surface area contributed by atoms with Crippen molar-refractivity contribution in [1.29, 1.82) is 0 Å². The second-order valence-electron chi connectivity index (χ2n) is 21.7. The molecule has 0 N–H and O–H groups in total. The van der Waals surface area contributed by atoms with E-state index in [9.17, 15) is 0 Å². The third-order valence-electron chi connectivity index (χ3n) is 16.0. The summed E-state index contributed by atoms with van der Waals surface area (Å²) < 4.78 is 0. The second-order valence-corrected chi connectivity index (χ2v) is 21.7. The number of hydrogen-bond donors (Lipinski definition) is 0. The van der Waals surface area contributed by atoms with E-state index in [0.717, 1.165) is 248 Å². The van der Waals surface area contributed by atoms with Crippen molar-refractivity contribution in [2.45, 2.75) is 157 Å². The summed E-state index contributed by atoms with van der Waals surface area (Å²) in [5.41, 5.74) is 19.3. The van der Waals surface area contributed by atoms with Crippen molar-refractivity contribution in [3.05, 3.63) is 107 Å². The van der Waals surface area contributed by atoms with Gasteiger partial charge in [0.1, 0.15) is 33.1 Å². The van der Waals surface area contributed by atoms with E-state index in [1.807, 2.05) is 0 Å². The summed E-state index contributed by atoms with van der Waals surface area (Å²) in [7, 11) is 0. The first kappa shape index (κ1) is 49.7. The van der Waals surface area contributed by atoms with Gasteiger partial charge in [-0.05, 0) is 150 Å². The molecule has 0 aliphatic rings. The average molecular weight is 1030 g/mol. The molecule has 0 saturated heterocycles. The van der Waals surface area contributed by atoms with Crippen LogP contribution in [-0.4, -0.2) is 59.8 Å². The molecular formula is C66H66N12. The maximum atomic E-state index is 5.75. The number of nitrogens with zero attached hydrogens (tertiary/aromatic N) is 12. The first-order chi connectivity index (χ1) is 38.4. The van der Waals surface area contributed by atoms with Crippen LogP contribution in [0.5, 0.6) is 0 Å². The topological polar surface area (TPSA) is 155 Å². The molecule has 78 heavy (non-hydrogen) atoms. The van der Waals surface area contributed by atoms with Gasteiger partial charge in [0.15, 0.2) is 0 Å². The van der Waals surface area contributed by atoms with Gasteiger partial charge in [-0.25, -0.2) is 29.9 Å². The summed E-state index contributed by atoms with van der Waals surface area (Å²) in [5.74, 6) is 0. The molecule has 0 spiro atoms. The number of rotatable bonds is 18. The van der Waals surface area contributed by atoms with Crippen molar-refractivity contribution in [2.24, 2.45) is 0 Å². The number of unbranched alkanes of at least 4 members (excludes halogenated alkanes) is 6. The fraction of sp³-hybridized carbons (Fsp3) is 0.364. The van der Waals surface area contributed by atoms with E-state index < -0.39 is 0 Å². The summed E-state index contributed by atoms with van der Waals surface area (Å²) in [4.78, 5) is 66.8. The largest absolute Gasteiger partial charge is 0.250 e. The van der Waals surface area contributed by atoms with Crippen LogP contribution in [-0.2, 0) is 38.5 Å². The monoisotopic (exact) mass is 1030 g/mol. The first-order valence-electron chi connectivity index (χ1n) is 29.2. The molecule has 390 valence electrons. The molecule has 12 heteroatoms. The van der Waals surface area contributed by atoms with E-state index >= 15 is 0 Å². The Morgan fingerprint density at radius 1 is 0.179 bits per heavy atom. The van der Waals surface area contributed by atoms with E-state index in [2.05, 4.69) is 114 Å². The summed E-state index contributed by atoms with van der Waals surface area (Å²) >= 11 is 0. The quantitative estimate of drug-likeness (QED) is 0.0593. The number of fused-ring (bicyclic) bond motifs is 24. The van der Waals surface area contributed by atoms with E-state index in [0.29, 0.717) is 33.1 Å². The highest BCUT2D eigenvalue weighted by molar-refractivity contribution is 6.30. The molecule has 0 radical (unpaired) electrons. The Labute approximate surface area is 453 Å². The van der Waals surface area contributed by atoms with Gasteiger partial charge in [-0.2, -0.15) is 0 Å². The molecule has 0 saturated carbocycles. The fourth-order valence-electron chi connectivity index (χ4n) is 11.6. The molecule has 0 bridgehead atoms. The normalized spacial score (nSPS) is 12.4. The molecule has 4 aromatic carbocycles. The highest BCUT2D eigenvalue weighted by Gasteiger charge is 2.26. The van der Waals surface area contributed by atoms with Crippen LogP contribution < -0.4 is 0 Å². The van der Waals surface area contributed by atoms with Gasteiger partial charge in [0.2, 0.25) is 0 Å². The van der Waals surface area contributed by atoms with Gasteiger partial charge in [-0.15, -0.1) is 0 Å². The zero-order valence-corrected chi connectivity index (χ0v) is 46.0. The minimum absolute atomic E-state index is 0.595. The molecule has 0 aliphatic carbocycles. The fourth-order valence-corrected chi connectivity index (χ4v) is 11.6. The van der Waals surface area contributed by atoms with Crippen molar-refractivity contribution in [3.63, 3.8) is 0 Å². The standard InChI is InChI=1S/C66H66N12/c1-7-13-19-37-25-31-43-49(67-37)50-44(32-26-38(68-50)20-14-8-2)56-55(43)73-61-62(74-56)64-66(78-60-48-36-30-42(24-18-12-6)72-54(48)53-47(59(60)76-64)35-29-41(71-53)23-17-11-5)65-63(61)75-57-45-33-27-39(21-15-9-3)69-51(45)52-46(58(57)77-65)34-28-40(70-52)22-16-10-4/h25-36H,7-24H2,1-6H3. The SMILES string of the molecule is CCCCc1ccc2c(n1)c1nc(CCCC)ccc1c1nc3c(nc21)c1nc2c4ccc(CCCC)nc4c4nc(CCCC)ccc4c2nc1c1nc2c4ccc(CCCC)nc4c4nc(CCCC)ccc4c2nc31. The molecule has 0 atom stereocenters. The Morgan fingerprint density at radius 3 is 0.462 bits per heavy atom. The number of benzene rings is 4. The maximum absolute atomic E-state index is 5.75. The van der Waals surface area contributed by atoms with Crippen LogP contribution >= 0.6 is 0 Å². The van der Waals surface area contributed by atoms with E-state index in [1.165, 1.54) is 0 Å². The molecule has 0 amide bonds. The lowest BCUT2D eigenvalue weighted by atomic mass is 10.0. The molecule has 0 fully saturated rings. The second kappa shape index (κ2) is 20.8. The van der Waals surface area contributed by atoms with Gasteiger partial charge >= 0.3 is 0 Å². The van der Waals surface area contributed by atoms with Crippen molar-refractivity contribution >= 4 is 132 Å². The lowest BCUT2D eigenvalue weighted by Crippen LogP contribution is -2.03. The molecule has 0 aliphatic heterocycles. The van der Waals surface area contributed by atoms with Crippen molar-refractivity contribution in [1.82, 2.24) is 59.8 Å². The Hall–Kier alpha value is -7.86. The van der Waals surface area contributed by atoms with Crippen molar-refractivity contribution < 1.29 is 0 Å². The van der Waals surface area contributed by atoms with Gasteiger partial charge in [0.05, 0.1) is 66.2 Å². The third kappa shape index (κ3) is 8.50. The van der Waals surface area contributed by atoms with Crippen molar-refractivity contribution in [2.75, 3.05) is 0 Å². The summed E-state index contributed by atoms with van der Waals surface area (Å²) in [6, 6.07) is 26.0. The predicted octanol–water partition coefficient (Wildman–Crippen LogP) is 16.3. The van der Waals surface area contributed by atoms with Gasteiger partial charge in [0, 0.05) is 66.5 Å². The van der Waals surface area contributed by atoms with Crippen LogP contribution in [0.15, 0.2) is 72.8 Å². The predicted molar refractivity (Wildman–Crippen MR) is 322 cm³/mol. The highest BCUT2D eigenvalue weighted by Crippen LogP contribution is 2.42. The van der Waals surface area contributed by atoms with E-state index in [1.54, 1.807) is 0 Å². The summed E-state index contributed by atoms with van der Waals surface area (Å²) in [6.45, 7) is 13.3. The Kier molecular flexibility index (Phi) is 13.3. The molecule has 0 unspecified atom stereocenters. The highest BCUT2D eigenvalue weighted by atomic mass is 14.9. The number of aryl methyl sites for hydroxylation is 6. The lowest BCUT2D eigenvalue weighted by molar-refractivity contribution is 0.778. The number of aromatic nitrogens is 12. The van der Waals surface area contributed by atoms with Gasteiger partial charge in [-0.3, -0.25) is 29.9 Å². The van der Waals surface area contributed by atoms with Gasteiger partial charge in [-0.1, -0.05) is 80.1 Å². The molecule has 13 rings (SSSR count). The van der Waals surface area contributed by atoms with Gasteiger partial charge in [0.25, 0.3) is 0 Å². The Morgan fingerprint density at radius 2 is 0.321 bits per heavy atom. The third-order valence-corrected chi connectivity index (χ3v) is 16.0. The zero-order valence-electron chi connectivity index (χ0n) is 46.0. The molecule has 13 aromatic rings. The smallest absolute Gasteiger partial charge is 0.120 e. The average Bonchev–Trinajstić information content (AvgIpc) is 3.49. The van der Waals surface area contributed by atoms with Crippen LogP contribution in [0.2, 0.25) is 0 Å². The maximum Gasteiger partial charge on any atom is 0.120 e. The molecule has 12 nitrogen and oxygen atoms in total. The number of pyridine rings is 6. The van der Waals surface area contributed by atoms with Crippen LogP contribution in [0.4, 0.5) is 0 Å².